The zero-order valence-corrected chi connectivity index (χ0v) is 9.71. The number of nitrogens with zero attached hydrogens (tertiary/aromatic N) is 3. The molecule has 0 N–H and O–H groups in total. The van der Waals surface area contributed by atoms with Crippen molar-refractivity contribution < 1.29 is 14.1 Å². The Hall–Kier alpha value is -2.11. The van der Waals surface area contributed by atoms with Crippen LogP contribution < -0.4 is 0 Å². The SMILES string of the molecule is CCOC(=O)c1noc(C)c1Cn1ccnc1. The fourth-order valence-electron chi connectivity index (χ4n) is 1.50. The van der Waals surface area contributed by atoms with Crippen molar-refractivity contribution >= 4 is 5.97 Å². The van der Waals surface area contributed by atoms with Gasteiger partial charge in [-0.05, 0) is 13.8 Å². The maximum atomic E-state index is 11.6. The van der Waals surface area contributed by atoms with Gasteiger partial charge in [0, 0.05) is 18.0 Å². The number of rotatable bonds is 4. The summed E-state index contributed by atoms with van der Waals surface area (Å²) in [5.74, 6) is 0.154. The number of hydrogen-bond acceptors (Lipinski definition) is 5. The van der Waals surface area contributed by atoms with E-state index >= 15 is 0 Å². The molecule has 0 atom stereocenters. The van der Waals surface area contributed by atoms with Crippen LogP contribution in [0.3, 0.4) is 0 Å². The molecule has 0 spiro atoms. The molecular weight excluding hydrogens is 222 g/mol. The first-order valence-electron chi connectivity index (χ1n) is 5.30. The molecule has 0 aromatic carbocycles. The smallest absolute Gasteiger partial charge is 0.360 e. The largest absolute Gasteiger partial charge is 0.461 e. The van der Waals surface area contributed by atoms with Crippen molar-refractivity contribution in [3.63, 3.8) is 0 Å². The summed E-state index contributed by atoms with van der Waals surface area (Å²) in [4.78, 5) is 15.6. The van der Waals surface area contributed by atoms with Crippen LogP contribution in [0, 0.1) is 6.92 Å². The predicted octanol–water partition coefficient (Wildman–Crippen LogP) is 1.40. The second-order valence-corrected chi connectivity index (χ2v) is 3.52. The van der Waals surface area contributed by atoms with Crippen LogP contribution in [-0.2, 0) is 11.3 Å². The molecule has 2 rings (SSSR count). The predicted molar refractivity (Wildman–Crippen MR) is 58.5 cm³/mol. The summed E-state index contributed by atoms with van der Waals surface area (Å²) in [6.07, 6.45) is 5.15. The van der Waals surface area contributed by atoms with Crippen LogP contribution >= 0.6 is 0 Å². The van der Waals surface area contributed by atoms with Gasteiger partial charge in [-0.3, -0.25) is 0 Å². The molecule has 0 amide bonds. The van der Waals surface area contributed by atoms with E-state index in [2.05, 4.69) is 10.1 Å². The lowest BCUT2D eigenvalue weighted by molar-refractivity contribution is 0.0513. The molecule has 0 bridgehead atoms. The van der Waals surface area contributed by atoms with E-state index in [1.807, 2.05) is 4.57 Å². The number of imidazole rings is 1. The van der Waals surface area contributed by atoms with Gasteiger partial charge < -0.3 is 13.8 Å². The molecule has 6 heteroatoms. The van der Waals surface area contributed by atoms with Crippen molar-refractivity contribution in [1.29, 1.82) is 0 Å². The number of hydrogen-bond donors (Lipinski definition) is 0. The minimum atomic E-state index is -0.459. The minimum Gasteiger partial charge on any atom is -0.461 e. The average molecular weight is 235 g/mol. The number of ether oxygens (including phenoxy) is 1. The standard InChI is InChI=1S/C11H13N3O3/c1-3-16-11(15)10-9(8(2)17-13-10)6-14-5-4-12-7-14/h4-5,7H,3,6H2,1-2H3. The third-order valence-electron chi connectivity index (χ3n) is 2.35. The first-order chi connectivity index (χ1) is 8.22. The molecule has 0 aliphatic carbocycles. The van der Waals surface area contributed by atoms with Crippen LogP contribution in [0.25, 0.3) is 0 Å². The highest BCUT2D eigenvalue weighted by Gasteiger charge is 2.20. The second-order valence-electron chi connectivity index (χ2n) is 3.52. The summed E-state index contributed by atoms with van der Waals surface area (Å²) in [6, 6.07) is 0. The molecular formula is C11H13N3O3. The van der Waals surface area contributed by atoms with Gasteiger partial charge in [-0.15, -0.1) is 0 Å². The van der Waals surface area contributed by atoms with Gasteiger partial charge in [0.1, 0.15) is 5.76 Å². The summed E-state index contributed by atoms with van der Waals surface area (Å²) in [5, 5.41) is 3.73. The van der Waals surface area contributed by atoms with Gasteiger partial charge in [-0.1, -0.05) is 5.16 Å². The van der Waals surface area contributed by atoms with Crippen LogP contribution in [0.5, 0.6) is 0 Å². The summed E-state index contributed by atoms with van der Waals surface area (Å²) in [6.45, 7) is 4.32. The molecule has 0 saturated heterocycles. The van der Waals surface area contributed by atoms with Crippen molar-refractivity contribution in [1.82, 2.24) is 14.7 Å². The van der Waals surface area contributed by atoms with Gasteiger partial charge in [0.25, 0.3) is 0 Å². The van der Waals surface area contributed by atoms with E-state index in [9.17, 15) is 4.79 Å². The molecule has 0 aliphatic rings. The first-order valence-corrected chi connectivity index (χ1v) is 5.30. The van der Waals surface area contributed by atoms with Gasteiger partial charge in [0.05, 0.1) is 19.5 Å². The van der Waals surface area contributed by atoms with Gasteiger partial charge in [0.2, 0.25) is 0 Å². The number of aryl methyl sites for hydroxylation is 1. The monoisotopic (exact) mass is 235 g/mol. The lowest BCUT2D eigenvalue weighted by Crippen LogP contribution is -2.10. The third-order valence-corrected chi connectivity index (χ3v) is 2.35. The Morgan fingerprint density at radius 2 is 2.41 bits per heavy atom. The Morgan fingerprint density at radius 3 is 3.06 bits per heavy atom. The Balaban J connectivity index is 2.26. The van der Waals surface area contributed by atoms with E-state index in [4.69, 9.17) is 9.26 Å². The number of aromatic nitrogens is 3. The van der Waals surface area contributed by atoms with Gasteiger partial charge in [0.15, 0.2) is 5.69 Å². The zero-order valence-electron chi connectivity index (χ0n) is 9.71. The van der Waals surface area contributed by atoms with Crippen molar-refractivity contribution in [2.45, 2.75) is 20.4 Å². The molecule has 2 aromatic rings. The summed E-state index contributed by atoms with van der Waals surface area (Å²) < 4.78 is 11.8. The summed E-state index contributed by atoms with van der Waals surface area (Å²) in [5.41, 5.74) is 0.958. The Bertz CT molecular complexity index is 502. The highest BCUT2D eigenvalue weighted by molar-refractivity contribution is 5.88. The fourth-order valence-corrected chi connectivity index (χ4v) is 1.50. The molecule has 90 valence electrons. The normalized spacial score (nSPS) is 10.5. The molecule has 2 heterocycles. The van der Waals surface area contributed by atoms with Crippen LogP contribution in [0.1, 0.15) is 28.7 Å². The quantitative estimate of drug-likeness (QED) is 0.749. The van der Waals surface area contributed by atoms with Gasteiger partial charge >= 0.3 is 5.97 Å². The highest BCUT2D eigenvalue weighted by Crippen LogP contribution is 2.15. The molecule has 6 nitrogen and oxygen atoms in total. The summed E-state index contributed by atoms with van der Waals surface area (Å²) >= 11 is 0. The molecule has 0 fully saturated rings. The Kier molecular flexibility index (Phi) is 3.22. The first kappa shape index (κ1) is 11.4. The van der Waals surface area contributed by atoms with Crippen LogP contribution in [0.4, 0.5) is 0 Å². The lowest BCUT2D eigenvalue weighted by atomic mass is 10.2. The second kappa shape index (κ2) is 4.82. The molecule has 0 saturated carbocycles. The van der Waals surface area contributed by atoms with E-state index in [0.717, 1.165) is 5.56 Å². The number of carbonyl (C=O) groups is 1. The van der Waals surface area contributed by atoms with E-state index in [0.29, 0.717) is 18.9 Å². The van der Waals surface area contributed by atoms with Crippen LogP contribution in [0.2, 0.25) is 0 Å². The fraction of sp³-hybridized carbons (Fsp3) is 0.364. The van der Waals surface area contributed by atoms with Crippen LogP contribution in [-0.4, -0.2) is 27.3 Å². The molecule has 0 aliphatic heterocycles. The average Bonchev–Trinajstić information content (AvgIpc) is 2.91. The van der Waals surface area contributed by atoms with Crippen molar-refractivity contribution in [2.24, 2.45) is 0 Å². The molecule has 0 unspecified atom stereocenters. The lowest BCUT2D eigenvalue weighted by Gasteiger charge is -2.03. The third kappa shape index (κ3) is 2.35. The Morgan fingerprint density at radius 1 is 1.59 bits per heavy atom. The van der Waals surface area contributed by atoms with Crippen LogP contribution in [0.15, 0.2) is 23.2 Å². The zero-order chi connectivity index (χ0) is 12.3. The molecule has 17 heavy (non-hydrogen) atoms. The summed E-state index contributed by atoms with van der Waals surface area (Å²) in [7, 11) is 0. The van der Waals surface area contributed by atoms with E-state index in [-0.39, 0.29) is 5.69 Å². The number of esters is 1. The highest BCUT2D eigenvalue weighted by atomic mass is 16.5. The van der Waals surface area contributed by atoms with Gasteiger partial charge in [-0.25, -0.2) is 9.78 Å². The van der Waals surface area contributed by atoms with Gasteiger partial charge in [-0.2, -0.15) is 0 Å². The van der Waals surface area contributed by atoms with E-state index in [1.54, 1.807) is 32.6 Å². The van der Waals surface area contributed by atoms with Crippen molar-refractivity contribution in [3.05, 3.63) is 35.7 Å². The maximum Gasteiger partial charge on any atom is 0.360 e. The molecule has 0 radical (unpaired) electrons. The Labute approximate surface area is 98.2 Å². The van der Waals surface area contributed by atoms with E-state index in [1.165, 1.54) is 0 Å². The molecule has 2 aromatic heterocycles. The van der Waals surface area contributed by atoms with Crippen molar-refractivity contribution in [3.8, 4) is 0 Å². The topological polar surface area (TPSA) is 70.2 Å². The maximum absolute atomic E-state index is 11.6. The van der Waals surface area contributed by atoms with E-state index < -0.39 is 5.97 Å². The van der Waals surface area contributed by atoms with Crippen molar-refractivity contribution in [2.75, 3.05) is 6.61 Å². The minimum absolute atomic E-state index is 0.234. The number of carbonyl (C=O) groups excluding carboxylic acids is 1.